The Morgan fingerprint density at radius 3 is 2.72 bits per heavy atom. The maximum absolute atomic E-state index is 9.97. The van der Waals surface area contributed by atoms with Crippen LogP contribution in [-0.2, 0) is 6.42 Å². The van der Waals surface area contributed by atoms with Crippen LogP contribution in [-0.4, -0.2) is 33.3 Å². The van der Waals surface area contributed by atoms with Crippen molar-refractivity contribution in [2.75, 3.05) is 6.54 Å². The van der Waals surface area contributed by atoms with Gasteiger partial charge in [-0.15, -0.1) is 0 Å². The standard InChI is InChI=1S/C14H21N3O/c1-14(2,3)15-9-10(18)8-13-16-11-6-4-5-7-12(11)17-13/h4-7,10,15,18H,8-9H2,1-3H3,(H,16,17)/t10-/m1/s1. The van der Waals surface area contributed by atoms with E-state index in [0.29, 0.717) is 13.0 Å². The summed E-state index contributed by atoms with van der Waals surface area (Å²) in [6, 6.07) is 7.90. The molecule has 0 aliphatic heterocycles. The SMILES string of the molecule is CC(C)(C)NC[C@H](O)Cc1nc2ccccc2[nH]1. The largest absolute Gasteiger partial charge is 0.391 e. The molecule has 1 atom stereocenters. The lowest BCUT2D eigenvalue weighted by Crippen LogP contribution is -2.41. The van der Waals surface area contributed by atoms with Gasteiger partial charge in [0.25, 0.3) is 0 Å². The Balaban J connectivity index is 1.96. The minimum atomic E-state index is -0.426. The maximum Gasteiger partial charge on any atom is 0.109 e. The molecule has 0 spiro atoms. The number of fused-ring (bicyclic) bond motifs is 1. The van der Waals surface area contributed by atoms with Crippen molar-refractivity contribution in [3.8, 4) is 0 Å². The van der Waals surface area contributed by atoms with Crippen LogP contribution in [0.1, 0.15) is 26.6 Å². The first-order chi connectivity index (χ1) is 8.44. The van der Waals surface area contributed by atoms with Gasteiger partial charge in [0.15, 0.2) is 0 Å². The van der Waals surface area contributed by atoms with Crippen LogP contribution in [0.2, 0.25) is 0 Å². The molecule has 0 fully saturated rings. The fourth-order valence-corrected chi connectivity index (χ4v) is 1.82. The Bertz CT molecular complexity index is 480. The number of β-amino-alcohol motifs (C(OH)–C–C–N with tert-alkyl or cyclic N) is 1. The summed E-state index contributed by atoms with van der Waals surface area (Å²) in [5.41, 5.74) is 1.99. The molecule has 2 aromatic rings. The summed E-state index contributed by atoms with van der Waals surface area (Å²) in [6.45, 7) is 6.82. The van der Waals surface area contributed by atoms with Crippen molar-refractivity contribution in [2.45, 2.75) is 38.8 Å². The zero-order valence-electron chi connectivity index (χ0n) is 11.2. The Hall–Kier alpha value is -1.39. The molecule has 0 unspecified atom stereocenters. The topological polar surface area (TPSA) is 60.9 Å². The van der Waals surface area contributed by atoms with Gasteiger partial charge in [-0.1, -0.05) is 12.1 Å². The predicted molar refractivity (Wildman–Crippen MR) is 73.6 cm³/mol. The maximum atomic E-state index is 9.97. The number of aromatic amines is 1. The number of nitrogens with zero attached hydrogens (tertiary/aromatic N) is 1. The number of imidazole rings is 1. The average Bonchev–Trinajstić information content (AvgIpc) is 2.67. The first kappa shape index (κ1) is 13.1. The highest BCUT2D eigenvalue weighted by Gasteiger charge is 2.14. The summed E-state index contributed by atoms with van der Waals surface area (Å²) in [4.78, 5) is 7.68. The van der Waals surface area contributed by atoms with E-state index in [4.69, 9.17) is 0 Å². The smallest absolute Gasteiger partial charge is 0.109 e. The molecular formula is C14H21N3O. The zero-order chi connectivity index (χ0) is 13.2. The van der Waals surface area contributed by atoms with Crippen molar-refractivity contribution in [1.29, 1.82) is 0 Å². The van der Waals surface area contributed by atoms with Gasteiger partial charge in [-0.25, -0.2) is 4.98 Å². The highest BCUT2D eigenvalue weighted by atomic mass is 16.3. The van der Waals surface area contributed by atoms with Crippen LogP contribution in [0.5, 0.6) is 0 Å². The van der Waals surface area contributed by atoms with Gasteiger partial charge in [-0.3, -0.25) is 0 Å². The van der Waals surface area contributed by atoms with E-state index >= 15 is 0 Å². The van der Waals surface area contributed by atoms with Crippen molar-refractivity contribution < 1.29 is 5.11 Å². The quantitative estimate of drug-likeness (QED) is 0.772. The lowest BCUT2D eigenvalue weighted by molar-refractivity contribution is 0.159. The van der Waals surface area contributed by atoms with Crippen LogP contribution in [0.15, 0.2) is 24.3 Å². The molecule has 0 saturated carbocycles. The molecule has 98 valence electrons. The summed E-state index contributed by atoms with van der Waals surface area (Å²) in [5.74, 6) is 0.833. The van der Waals surface area contributed by atoms with Crippen LogP contribution in [0, 0.1) is 0 Å². The van der Waals surface area contributed by atoms with Gasteiger partial charge < -0.3 is 15.4 Å². The summed E-state index contributed by atoms with van der Waals surface area (Å²) < 4.78 is 0. The molecule has 1 aromatic heterocycles. The van der Waals surface area contributed by atoms with Gasteiger partial charge in [0.2, 0.25) is 0 Å². The molecular weight excluding hydrogens is 226 g/mol. The second kappa shape index (κ2) is 5.08. The fourth-order valence-electron chi connectivity index (χ4n) is 1.82. The number of aliphatic hydroxyl groups is 1. The number of aromatic nitrogens is 2. The lowest BCUT2D eigenvalue weighted by atomic mass is 10.1. The monoisotopic (exact) mass is 247 g/mol. The number of H-pyrrole nitrogens is 1. The van der Waals surface area contributed by atoms with E-state index < -0.39 is 6.10 Å². The van der Waals surface area contributed by atoms with Crippen LogP contribution >= 0.6 is 0 Å². The van der Waals surface area contributed by atoms with E-state index in [1.807, 2.05) is 24.3 Å². The molecule has 4 heteroatoms. The minimum absolute atomic E-state index is 0.0227. The van der Waals surface area contributed by atoms with Crippen LogP contribution in [0.25, 0.3) is 11.0 Å². The highest BCUT2D eigenvalue weighted by molar-refractivity contribution is 5.74. The van der Waals surface area contributed by atoms with Gasteiger partial charge in [0.1, 0.15) is 5.82 Å². The summed E-state index contributed by atoms with van der Waals surface area (Å²) in [5, 5.41) is 13.3. The molecule has 0 aliphatic rings. The van der Waals surface area contributed by atoms with Crippen LogP contribution in [0.3, 0.4) is 0 Å². The van der Waals surface area contributed by atoms with Crippen molar-refractivity contribution in [3.63, 3.8) is 0 Å². The van der Waals surface area contributed by atoms with E-state index in [0.717, 1.165) is 16.9 Å². The van der Waals surface area contributed by atoms with E-state index in [2.05, 4.69) is 36.1 Å². The fraction of sp³-hybridized carbons (Fsp3) is 0.500. The third-order valence-corrected chi connectivity index (χ3v) is 2.74. The number of nitrogens with one attached hydrogen (secondary N) is 2. The lowest BCUT2D eigenvalue weighted by Gasteiger charge is -2.22. The Morgan fingerprint density at radius 1 is 1.33 bits per heavy atom. The van der Waals surface area contributed by atoms with E-state index in [9.17, 15) is 5.11 Å². The average molecular weight is 247 g/mol. The second-order valence-electron chi connectivity index (χ2n) is 5.69. The zero-order valence-corrected chi connectivity index (χ0v) is 11.2. The Morgan fingerprint density at radius 2 is 2.06 bits per heavy atom. The molecule has 0 aliphatic carbocycles. The molecule has 1 aromatic carbocycles. The van der Waals surface area contributed by atoms with E-state index in [-0.39, 0.29) is 5.54 Å². The number of aliphatic hydroxyl groups excluding tert-OH is 1. The molecule has 18 heavy (non-hydrogen) atoms. The molecule has 0 bridgehead atoms. The third kappa shape index (κ3) is 3.55. The van der Waals surface area contributed by atoms with Crippen molar-refractivity contribution >= 4 is 11.0 Å². The van der Waals surface area contributed by atoms with Gasteiger partial charge in [0.05, 0.1) is 17.1 Å². The molecule has 0 amide bonds. The van der Waals surface area contributed by atoms with Gasteiger partial charge in [0, 0.05) is 18.5 Å². The van der Waals surface area contributed by atoms with Gasteiger partial charge in [-0.2, -0.15) is 0 Å². The predicted octanol–water partition coefficient (Wildman–Crippen LogP) is 1.85. The summed E-state index contributed by atoms with van der Waals surface area (Å²) >= 11 is 0. The second-order valence-corrected chi connectivity index (χ2v) is 5.69. The highest BCUT2D eigenvalue weighted by Crippen LogP contribution is 2.11. The molecule has 0 radical (unpaired) electrons. The van der Waals surface area contributed by atoms with E-state index in [1.165, 1.54) is 0 Å². The van der Waals surface area contributed by atoms with Gasteiger partial charge >= 0.3 is 0 Å². The molecule has 1 heterocycles. The number of para-hydroxylation sites is 2. The molecule has 3 N–H and O–H groups in total. The number of hydrogen-bond donors (Lipinski definition) is 3. The number of benzene rings is 1. The molecule has 0 saturated heterocycles. The Labute approximate surface area is 107 Å². The number of hydrogen-bond acceptors (Lipinski definition) is 3. The summed E-state index contributed by atoms with van der Waals surface area (Å²) in [6.07, 6.45) is 0.113. The van der Waals surface area contributed by atoms with Crippen molar-refractivity contribution in [2.24, 2.45) is 0 Å². The normalized spacial score (nSPS) is 14.0. The molecule has 2 rings (SSSR count). The summed E-state index contributed by atoms with van der Waals surface area (Å²) in [7, 11) is 0. The minimum Gasteiger partial charge on any atom is -0.391 e. The van der Waals surface area contributed by atoms with E-state index in [1.54, 1.807) is 0 Å². The Kier molecular flexibility index (Phi) is 3.68. The first-order valence-electron chi connectivity index (χ1n) is 6.31. The van der Waals surface area contributed by atoms with Gasteiger partial charge in [-0.05, 0) is 32.9 Å². The van der Waals surface area contributed by atoms with Crippen LogP contribution in [0.4, 0.5) is 0 Å². The molecule has 4 nitrogen and oxygen atoms in total. The van der Waals surface area contributed by atoms with Crippen molar-refractivity contribution in [1.82, 2.24) is 15.3 Å². The van der Waals surface area contributed by atoms with Crippen molar-refractivity contribution in [3.05, 3.63) is 30.1 Å². The first-order valence-corrected chi connectivity index (χ1v) is 6.31. The third-order valence-electron chi connectivity index (χ3n) is 2.74. The van der Waals surface area contributed by atoms with Crippen LogP contribution < -0.4 is 5.32 Å². The number of rotatable bonds is 4.